The number of benzene rings is 1. The van der Waals surface area contributed by atoms with Crippen LogP contribution in [0.3, 0.4) is 0 Å². The fourth-order valence-corrected chi connectivity index (χ4v) is 3.38. The Bertz CT molecular complexity index is 1190. The second-order valence-corrected chi connectivity index (χ2v) is 7.90. The summed E-state index contributed by atoms with van der Waals surface area (Å²) in [6.07, 6.45) is 5.94. The van der Waals surface area contributed by atoms with Gasteiger partial charge in [0.2, 0.25) is 17.6 Å². The molecule has 1 amide bonds. The van der Waals surface area contributed by atoms with Gasteiger partial charge in [0.25, 0.3) is 0 Å². The Morgan fingerprint density at radius 3 is 2.66 bits per heavy atom. The first kappa shape index (κ1) is 21.4. The summed E-state index contributed by atoms with van der Waals surface area (Å²) in [5.74, 6) is 2.94. The lowest BCUT2D eigenvalue weighted by atomic mass is 10.0. The molecule has 0 aliphatic heterocycles. The number of rotatable bonds is 8. The summed E-state index contributed by atoms with van der Waals surface area (Å²) in [6, 6.07) is 11.9. The minimum Gasteiger partial charge on any atom is -0.352 e. The maximum Gasteiger partial charge on any atom is 0.227 e. The topological polar surface area (TPSA) is 98.7 Å². The Kier molecular flexibility index (Phi) is 6.39. The van der Waals surface area contributed by atoms with Gasteiger partial charge in [-0.1, -0.05) is 49.3 Å². The Morgan fingerprint density at radius 1 is 1.12 bits per heavy atom. The predicted molar refractivity (Wildman–Crippen MR) is 120 cm³/mol. The summed E-state index contributed by atoms with van der Waals surface area (Å²) in [5.41, 5.74) is 3.06. The van der Waals surface area contributed by atoms with Crippen LogP contribution < -0.4 is 5.32 Å². The molecule has 4 rings (SSSR count). The van der Waals surface area contributed by atoms with E-state index in [4.69, 9.17) is 4.52 Å². The smallest absolute Gasteiger partial charge is 0.227 e. The van der Waals surface area contributed by atoms with E-state index >= 15 is 0 Å². The zero-order valence-corrected chi connectivity index (χ0v) is 18.4. The molecule has 0 saturated heterocycles. The highest BCUT2D eigenvalue weighted by atomic mass is 16.5. The molecule has 8 nitrogen and oxygen atoms in total. The zero-order chi connectivity index (χ0) is 22.5. The van der Waals surface area contributed by atoms with Crippen LogP contribution in [0.2, 0.25) is 0 Å². The van der Waals surface area contributed by atoms with E-state index in [1.165, 1.54) is 5.56 Å². The number of hydrogen-bond donors (Lipinski definition) is 1. The molecule has 32 heavy (non-hydrogen) atoms. The summed E-state index contributed by atoms with van der Waals surface area (Å²) in [6.45, 7) is 6.59. The Hall–Kier alpha value is -3.81. The lowest BCUT2D eigenvalue weighted by molar-refractivity contribution is -0.121. The highest BCUT2D eigenvalue weighted by Crippen LogP contribution is 2.21. The van der Waals surface area contributed by atoms with Crippen molar-refractivity contribution in [2.24, 2.45) is 0 Å². The number of nitrogens with one attached hydrogen (secondary N) is 1. The number of imidazole rings is 1. The molecule has 1 aromatic carbocycles. The third-order valence-electron chi connectivity index (χ3n) is 5.27. The van der Waals surface area contributed by atoms with Gasteiger partial charge in [-0.05, 0) is 24.5 Å². The van der Waals surface area contributed by atoms with Crippen LogP contribution in [0.5, 0.6) is 0 Å². The maximum atomic E-state index is 12.4. The first-order valence-electron chi connectivity index (χ1n) is 10.6. The SMILES string of the molecule is Cc1nccn1-c1ncccc1CNC(=O)CCc1nc(-c2ccc(C(C)C)cc2)no1. The van der Waals surface area contributed by atoms with Crippen LogP contribution in [0.15, 0.2) is 59.5 Å². The van der Waals surface area contributed by atoms with Crippen molar-refractivity contribution in [3.8, 4) is 17.2 Å². The van der Waals surface area contributed by atoms with Gasteiger partial charge in [0, 0.05) is 49.1 Å². The summed E-state index contributed by atoms with van der Waals surface area (Å²) in [7, 11) is 0. The van der Waals surface area contributed by atoms with Crippen LogP contribution in [0, 0.1) is 6.92 Å². The average molecular weight is 431 g/mol. The van der Waals surface area contributed by atoms with Crippen molar-refractivity contribution in [1.82, 2.24) is 30.0 Å². The minimum absolute atomic E-state index is 0.0943. The third-order valence-corrected chi connectivity index (χ3v) is 5.27. The summed E-state index contributed by atoms with van der Waals surface area (Å²) in [4.78, 5) is 25.5. The quantitative estimate of drug-likeness (QED) is 0.454. The van der Waals surface area contributed by atoms with Gasteiger partial charge >= 0.3 is 0 Å². The molecule has 0 radical (unpaired) electrons. The van der Waals surface area contributed by atoms with Gasteiger partial charge in [-0.25, -0.2) is 9.97 Å². The summed E-state index contributed by atoms with van der Waals surface area (Å²) >= 11 is 0. The van der Waals surface area contributed by atoms with Gasteiger partial charge < -0.3 is 9.84 Å². The minimum atomic E-state index is -0.0943. The van der Waals surface area contributed by atoms with Crippen molar-refractivity contribution in [3.63, 3.8) is 0 Å². The van der Waals surface area contributed by atoms with Crippen molar-refractivity contribution in [1.29, 1.82) is 0 Å². The van der Waals surface area contributed by atoms with E-state index in [0.717, 1.165) is 22.8 Å². The van der Waals surface area contributed by atoms with Gasteiger partial charge in [0.15, 0.2) is 0 Å². The predicted octanol–water partition coefficient (Wildman–Crippen LogP) is 4.00. The number of pyridine rings is 1. The third kappa shape index (κ3) is 4.91. The monoisotopic (exact) mass is 430 g/mol. The number of nitrogens with zero attached hydrogens (tertiary/aromatic N) is 5. The lowest BCUT2D eigenvalue weighted by Crippen LogP contribution is -2.24. The number of aryl methyl sites for hydroxylation is 2. The second kappa shape index (κ2) is 9.55. The lowest BCUT2D eigenvalue weighted by Gasteiger charge is -2.11. The molecule has 1 N–H and O–H groups in total. The molecule has 3 aromatic heterocycles. The van der Waals surface area contributed by atoms with Crippen LogP contribution in [0.1, 0.15) is 49.0 Å². The van der Waals surface area contributed by atoms with E-state index in [9.17, 15) is 4.79 Å². The molecular formula is C24H26N6O2. The largest absolute Gasteiger partial charge is 0.352 e. The summed E-state index contributed by atoms with van der Waals surface area (Å²) < 4.78 is 7.23. The molecule has 0 bridgehead atoms. The standard InChI is InChI=1S/C24H26N6O2/c1-16(2)18-6-8-19(9-7-18)23-28-22(32-29-23)11-10-21(31)27-15-20-5-4-12-26-24(20)30-14-13-25-17(30)3/h4-9,12-14,16H,10-11,15H2,1-3H3,(H,27,31). The van der Waals surface area contributed by atoms with Crippen LogP contribution in [0.25, 0.3) is 17.2 Å². The number of hydrogen-bond acceptors (Lipinski definition) is 6. The molecule has 0 aliphatic carbocycles. The van der Waals surface area contributed by atoms with Crippen molar-refractivity contribution >= 4 is 5.91 Å². The molecule has 4 aromatic rings. The van der Waals surface area contributed by atoms with Gasteiger partial charge in [-0.2, -0.15) is 4.98 Å². The van der Waals surface area contributed by atoms with E-state index in [2.05, 4.69) is 51.4 Å². The van der Waals surface area contributed by atoms with Gasteiger partial charge in [0.05, 0.1) is 0 Å². The van der Waals surface area contributed by atoms with E-state index < -0.39 is 0 Å². The van der Waals surface area contributed by atoms with E-state index in [-0.39, 0.29) is 12.3 Å². The fraction of sp³-hybridized carbons (Fsp3) is 0.292. The molecule has 0 aliphatic rings. The maximum absolute atomic E-state index is 12.4. The van der Waals surface area contributed by atoms with Crippen molar-refractivity contribution in [2.75, 3.05) is 0 Å². The first-order chi connectivity index (χ1) is 15.5. The normalized spacial score (nSPS) is 11.1. The molecule has 0 atom stereocenters. The molecule has 0 spiro atoms. The zero-order valence-electron chi connectivity index (χ0n) is 18.4. The first-order valence-corrected chi connectivity index (χ1v) is 10.6. The number of carbonyl (C=O) groups is 1. The number of amides is 1. The van der Waals surface area contributed by atoms with Crippen LogP contribution in [-0.4, -0.2) is 30.6 Å². The molecule has 8 heteroatoms. The van der Waals surface area contributed by atoms with Crippen molar-refractivity contribution < 1.29 is 9.32 Å². The van der Waals surface area contributed by atoms with E-state index in [0.29, 0.717) is 30.6 Å². The summed E-state index contributed by atoms with van der Waals surface area (Å²) in [5, 5.41) is 6.99. The van der Waals surface area contributed by atoms with Crippen LogP contribution >= 0.6 is 0 Å². The molecule has 164 valence electrons. The highest BCUT2D eigenvalue weighted by Gasteiger charge is 2.13. The second-order valence-electron chi connectivity index (χ2n) is 7.90. The average Bonchev–Trinajstić information content (AvgIpc) is 3.45. The Morgan fingerprint density at radius 2 is 1.94 bits per heavy atom. The van der Waals surface area contributed by atoms with Gasteiger partial charge in [0.1, 0.15) is 11.6 Å². The number of aromatic nitrogens is 5. The van der Waals surface area contributed by atoms with Crippen LogP contribution in [-0.2, 0) is 17.8 Å². The highest BCUT2D eigenvalue weighted by molar-refractivity contribution is 5.76. The van der Waals surface area contributed by atoms with Crippen molar-refractivity contribution in [3.05, 3.63) is 77.8 Å². The fourth-order valence-electron chi connectivity index (χ4n) is 3.38. The Balaban J connectivity index is 1.32. The van der Waals surface area contributed by atoms with Crippen LogP contribution in [0.4, 0.5) is 0 Å². The van der Waals surface area contributed by atoms with Crippen molar-refractivity contribution in [2.45, 2.75) is 46.1 Å². The van der Waals surface area contributed by atoms with Gasteiger partial charge in [-0.3, -0.25) is 9.36 Å². The molecule has 0 fully saturated rings. The van der Waals surface area contributed by atoms with E-state index in [1.54, 1.807) is 12.4 Å². The molecular weight excluding hydrogens is 404 g/mol. The molecule has 0 saturated carbocycles. The molecule has 3 heterocycles. The molecule has 0 unspecified atom stereocenters. The number of carbonyl (C=O) groups excluding carboxylic acids is 1. The Labute approximate surface area is 186 Å². The van der Waals surface area contributed by atoms with E-state index in [1.807, 2.05) is 42.0 Å². The van der Waals surface area contributed by atoms with Gasteiger partial charge in [-0.15, -0.1) is 0 Å².